The van der Waals surface area contributed by atoms with Crippen molar-refractivity contribution < 1.29 is 0 Å². The van der Waals surface area contributed by atoms with Gasteiger partial charge in [-0.2, -0.15) is 4.99 Å². The first-order valence-corrected chi connectivity index (χ1v) is 4.79. The predicted molar refractivity (Wildman–Crippen MR) is 60.1 cm³/mol. The van der Waals surface area contributed by atoms with Gasteiger partial charge in [0, 0.05) is 6.54 Å². The van der Waals surface area contributed by atoms with E-state index in [9.17, 15) is 0 Å². The second-order valence-corrected chi connectivity index (χ2v) is 3.06. The Labute approximate surface area is 87.1 Å². The van der Waals surface area contributed by atoms with Crippen LogP contribution in [-0.4, -0.2) is 14.7 Å². The van der Waals surface area contributed by atoms with E-state index in [4.69, 9.17) is 0 Å². The molecular weight excluding hydrogens is 194 g/mol. The summed E-state index contributed by atoms with van der Waals surface area (Å²) in [6, 6.07) is 5.85. The highest BCUT2D eigenvalue weighted by molar-refractivity contribution is 7.78. The van der Waals surface area contributed by atoms with Crippen LogP contribution in [0, 0.1) is 0 Å². The molecule has 1 heterocycles. The number of rotatable bonds is 2. The maximum Gasteiger partial charge on any atom is 0.115 e. The van der Waals surface area contributed by atoms with E-state index in [2.05, 4.69) is 38.8 Å². The van der Waals surface area contributed by atoms with Crippen molar-refractivity contribution in [3.05, 3.63) is 24.5 Å². The second kappa shape index (κ2) is 3.70. The molecule has 0 saturated heterocycles. The van der Waals surface area contributed by atoms with E-state index in [0.29, 0.717) is 0 Å². The van der Waals surface area contributed by atoms with Gasteiger partial charge in [-0.05, 0) is 31.3 Å². The number of para-hydroxylation sites is 1. The van der Waals surface area contributed by atoms with Crippen LogP contribution in [0.4, 0.5) is 5.69 Å². The normalized spacial score (nSPS) is 10.1. The molecular formula is C10H9N3S. The van der Waals surface area contributed by atoms with Gasteiger partial charge in [0.25, 0.3) is 0 Å². The number of isothiocyanates is 1. The van der Waals surface area contributed by atoms with Crippen molar-refractivity contribution in [1.82, 2.24) is 9.55 Å². The topological polar surface area (TPSA) is 30.2 Å². The summed E-state index contributed by atoms with van der Waals surface area (Å²) in [7, 11) is 0. The van der Waals surface area contributed by atoms with Crippen LogP contribution in [0.2, 0.25) is 0 Å². The number of hydrogen-bond acceptors (Lipinski definition) is 3. The Morgan fingerprint density at radius 1 is 1.57 bits per heavy atom. The maximum absolute atomic E-state index is 4.58. The van der Waals surface area contributed by atoms with E-state index in [1.54, 1.807) is 0 Å². The zero-order valence-corrected chi connectivity index (χ0v) is 8.58. The van der Waals surface area contributed by atoms with Crippen molar-refractivity contribution in [1.29, 1.82) is 0 Å². The summed E-state index contributed by atoms with van der Waals surface area (Å²) >= 11 is 4.58. The number of hydrogen-bond donors (Lipinski definition) is 0. The lowest BCUT2D eigenvalue weighted by atomic mass is 10.2. The van der Waals surface area contributed by atoms with E-state index in [-0.39, 0.29) is 0 Å². The first-order chi connectivity index (χ1) is 6.86. The number of benzene rings is 1. The number of imidazole rings is 1. The largest absolute Gasteiger partial charge is 0.331 e. The Kier molecular flexibility index (Phi) is 2.39. The molecule has 0 atom stereocenters. The summed E-state index contributed by atoms with van der Waals surface area (Å²) < 4.78 is 2.07. The smallest absolute Gasteiger partial charge is 0.115 e. The Bertz CT molecular complexity index is 509. The highest BCUT2D eigenvalue weighted by Crippen LogP contribution is 2.23. The number of aromatic nitrogens is 2. The van der Waals surface area contributed by atoms with Crippen molar-refractivity contribution >= 4 is 34.1 Å². The number of nitrogens with zero attached hydrogens (tertiary/aromatic N) is 3. The molecule has 0 saturated carbocycles. The Morgan fingerprint density at radius 3 is 3.14 bits per heavy atom. The highest BCUT2D eigenvalue weighted by atomic mass is 32.1. The third kappa shape index (κ3) is 1.35. The predicted octanol–water partition coefficient (Wildman–Crippen LogP) is 2.79. The Balaban J connectivity index is 2.76. The van der Waals surface area contributed by atoms with Crippen LogP contribution < -0.4 is 0 Å². The molecule has 0 amide bonds. The average molecular weight is 203 g/mol. The van der Waals surface area contributed by atoms with Crippen LogP contribution in [0.15, 0.2) is 29.5 Å². The number of aryl methyl sites for hydroxylation is 1. The quantitative estimate of drug-likeness (QED) is 0.555. The number of fused-ring (bicyclic) bond motifs is 1. The Morgan fingerprint density at radius 2 is 2.43 bits per heavy atom. The van der Waals surface area contributed by atoms with Crippen LogP contribution >= 0.6 is 12.2 Å². The molecule has 0 aliphatic carbocycles. The molecule has 0 unspecified atom stereocenters. The van der Waals surface area contributed by atoms with Gasteiger partial charge in [0.2, 0.25) is 0 Å². The second-order valence-electron chi connectivity index (χ2n) is 2.88. The highest BCUT2D eigenvalue weighted by Gasteiger charge is 2.04. The molecule has 0 bridgehead atoms. The van der Waals surface area contributed by atoms with Crippen molar-refractivity contribution in [2.24, 2.45) is 4.99 Å². The number of thiocarbonyl (C=S) groups is 1. The van der Waals surface area contributed by atoms with E-state index >= 15 is 0 Å². The molecule has 1 aromatic heterocycles. The fourth-order valence-electron chi connectivity index (χ4n) is 1.46. The van der Waals surface area contributed by atoms with Gasteiger partial charge in [0.1, 0.15) is 11.2 Å². The van der Waals surface area contributed by atoms with Gasteiger partial charge < -0.3 is 4.57 Å². The van der Waals surface area contributed by atoms with Crippen LogP contribution in [-0.2, 0) is 6.54 Å². The van der Waals surface area contributed by atoms with Crippen molar-refractivity contribution in [2.75, 3.05) is 0 Å². The monoisotopic (exact) mass is 203 g/mol. The van der Waals surface area contributed by atoms with E-state index in [1.165, 1.54) is 0 Å². The van der Waals surface area contributed by atoms with E-state index in [0.717, 1.165) is 23.3 Å². The average Bonchev–Trinajstić information content (AvgIpc) is 2.62. The van der Waals surface area contributed by atoms with Crippen molar-refractivity contribution in [2.45, 2.75) is 13.5 Å². The van der Waals surface area contributed by atoms with Gasteiger partial charge in [-0.3, -0.25) is 0 Å². The zero-order valence-electron chi connectivity index (χ0n) is 7.77. The minimum absolute atomic E-state index is 0.782. The minimum atomic E-state index is 0.782. The first-order valence-electron chi connectivity index (χ1n) is 4.38. The molecule has 2 aromatic rings. The molecule has 14 heavy (non-hydrogen) atoms. The molecule has 0 fully saturated rings. The SMILES string of the molecule is CCn1cnc2c(N=C=S)cccc21. The number of aliphatic imine (C=N–C) groups is 1. The lowest BCUT2D eigenvalue weighted by Crippen LogP contribution is -1.89. The molecule has 0 radical (unpaired) electrons. The Hall–Kier alpha value is -1.51. The lowest BCUT2D eigenvalue weighted by Gasteiger charge is -1.98. The van der Waals surface area contributed by atoms with Crippen LogP contribution in [0.1, 0.15) is 6.92 Å². The zero-order chi connectivity index (χ0) is 9.97. The molecule has 4 heteroatoms. The van der Waals surface area contributed by atoms with Gasteiger partial charge in [0.15, 0.2) is 0 Å². The van der Waals surface area contributed by atoms with Crippen LogP contribution in [0.25, 0.3) is 11.0 Å². The summed E-state index contributed by atoms with van der Waals surface area (Å²) in [5, 5.41) is 2.36. The fourth-order valence-corrected chi connectivity index (χ4v) is 1.56. The third-order valence-electron chi connectivity index (χ3n) is 2.14. The molecule has 0 N–H and O–H groups in total. The first kappa shape index (κ1) is 9.06. The van der Waals surface area contributed by atoms with Gasteiger partial charge in [-0.15, -0.1) is 0 Å². The summed E-state index contributed by atoms with van der Waals surface area (Å²) in [6.07, 6.45) is 1.81. The molecule has 70 valence electrons. The van der Waals surface area contributed by atoms with Gasteiger partial charge in [-0.25, -0.2) is 4.98 Å². The van der Waals surface area contributed by atoms with E-state index < -0.39 is 0 Å². The molecule has 3 nitrogen and oxygen atoms in total. The molecule has 0 aliphatic rings. The molecule has 1 aromatic carbocycles. The standard InChI is InChI=1S/C10H9N3S/c1-2-13-6-11-10-8(12-7-14)4-3-5-9(10)13/h3-6H,2H2,1H3. The summed E-state index contributed by atoms with van der Waals surface area (Å²) in [6.45, 7) is 2.98. The minimum Gasteiger partial charge on any atom is -0.331 e. The molecule has 2 rings (SSSR count). The summed E-state index contributed by atoms with van der Waals surface area (Å²) in [5.41, 5.74) is 2.75. The van der Waals surface area contributed by atoms with Crippen LogP contribution in [0.5, 0.6) is 0 Å². The van der Waals surface area contributed by atoms with Gasteiger partial charge >= 0.3 is 0 Å². The summed E-state index contributed by atoms with van der Waals surface area (Å²) in [5.74, 6) is 0. The fraction of sp³-hybridized carbons (Fsp3) is 0.200. The third-order valence-corrected chi connectivity index (χ3v) is 2.23. The van der Waals surface area contributed by atoms with Crippen molar-refractivity contribution in [3.63, 3.8) is 0 Å². The maximum atomic E-state index is 4.58. The molecule has 0 aliphatic heterocycles. The molecule has 0 spiro atoms. The van der Waals surface area contributed by atoms with Gasteiger partial charge in [-0.1, -0.05) is 6.07 Å². The van der Waals surface area contributed by atoms with Crippen molar-refractivity contribution in [3.8, 4) is 0 Å². The lowest BCUT2D eigenvalue weighted by molar-refractivity contribution is 0.787. The van der Waals surface area contributed by atoms with E-state index in [1.807, 2.05) is 24.5 Å². The van der Waals surface area contributed by atoms with Crippen LogP contribution in [0.3, 0.4) is 0 Å². The van der Waals surface area contributed by atoms with Gasteiger partial charge in [0.05, 0.1) is 17.0 Å². The summed E-state index contributed by atoms with van der Waals surface area (Å²) in [4.78, 5) is 8.26.